The molecule has 0 aliphatic rings. The number of rotatable bonds is 10. The molecule has 0 heterocycles. The molecular formula is C26H26BrCl2N3O4S. The summed E-state index contributed by atoms with van der Waals surface area (Å²) in [6, 6.07) is 18.6. The molecule has 2 amide bonds. The largest absolute Gasteiger partial charge is 0.355 e. The van der Waals surface area contributed by atoms with Crippen molar-refractivity contribution in [1.82, 2.24) is 10.2 Å². The van der Waals surface area contributed by atoms with Gasteiger partial charge < -0.3 is 10.2 Å². The molecule has 0 saturated carbocycles. The molecule has 0 aliphatic carbocycles. The zero-order valence-electron chi connectivity index (χ0n) is 20.2. The van der Waals surface area contributed by atoms with Gasteiger partial charge in [0.1, 0.15) is 12.6 Å². The zero-order valence-corrected chi connectivity index (χ0v) is 24.1. The molecule has 3 aromatic rings. The van der Waals surface area contributed by atoms with Gasteiger partial charge >= 0.3 is 0 Å². The lowest BCUT2D eigenvalue weighted by molar-refractivity contribution is -0.139. The van der Waals surface area contributed by atoms with Crippen molar-refractivity contribution in [3.05, 3.63) is 92.9 Å². The molecule has 0 spiro atoms. The van der Waals surface area contributed by atoms with E-state index in [4.69, 9.17) is 23.2 Å². The predicted molar refractivity (Wildman–Crippen MR) is 150 cm³/mol. The van der Waals surface area contributed by atoms with Gasteiger partial charge in [-0.15, -0.1) is 0 Å². The number of amides is 2. The number of nitrogens with zero attached hydrogens (tertiary/aromatic N) is 2. The molecule has 0 saturated heterocycles. The van der Waals surface area contributed by atoms with Crippen LogP contribution in [0.15, 0.2) is 82.2 Å². The van der Waals surface area contributed by atoms with Crippen LogP contribution in [0.2, 0.25) is 10.0 Å². The van der Waals surface area contributed by atoms with Gasteiger partial charge in [0.15, 0.2) is 0 Å². The van der Waals surface area contributed by atoms with Gasteiger partial charge in [0.2, 0.25) is 11.8 Å². The second-order valence-corrected chi connectivity index (χ2v) is 11.8. The van der Waals surface area contributed by atoms with Crippen molar-refractivity contribution < 1.29 is 18.0 Å². The molecular weight excluding hydrogens is 601 g/mol. The SMILES string of the molecule is CCNC(=O)[C@@H](C)N(Cc1cccc(Br)c1)C(=O)CN(c1ccc(Cl)cc1Cl)S(=O)(=O)c1ccccc1. The van der Waals surface area contributed by atoms with Gasteiger partial charge in [-0.3, -0.25) is 13.9 Å². The molecule has 37 heavy (non-hydrogen) atoms. The van der Waals surface area contributed by atoms with Crippen molar-refractivity contribution in [1.29, 1.82) is 0 Å². The number of likely N-dealkylation sites (N-methyl/N-ethyl adjacent to an activating group) is 1. The summed E-state index contributed by atoms with van der Waals surface area (Å²) in [4.78, 5) is 27.9. The minimum Gasteiger partial charge on any atom is -0.355 e. The molecule has 1 atom stereocenters. The van der Waals surface area contributed by atoms with E-state index >= 15 is 0 Å². The molecule has 11 heteroatoms. The Balaban J connectivity index is 2.05. The maximum atomic E-state index is 13.8. The van der Waals surface area contributed by atoms with E-state index in [1.165, 1.54) is 35.2 Å². The van der Waals surface area contributed by atoms with Crippen molar-refractivity contribution in [3.8, 4) is 0 Å². The molecule has 1 N–H and O–H groups in total. The Morgan fingerprint density at radius 3 is 2.32 bits per heavy atom. The van der Waals surface area contributed by atoms with Crippen LogP contribution in [0.3, 0.4) is 0 Å². The second-order valence-electron chi connectivity index (χ2n) is 8.14. The molecule has 0 fully saturated rings. The molecule has 0 aromatic heterocycles. The van der Waals surface area contributed by atoms with Gasteiger partial charge in [-0.1, -0.05) is 69.5 Å². The van der Waals surface area contributed by atoms with Gasteiger partial charge in [0.05, 0.1) is 15.6 Å². The smallest absolute Gasteiger partial charge is 0.264 e. The zero-order chi connectivity index (χ0) is 27.2. The highest BCUT2D eigenvalue weighted by Crippen LogP contribution is 2.33. The summed E-state index contributed by atoms with van der Waals surface area (Å²) >= 11 is 15.9. The Morgan fingerprint density at radius 2 is 1.70 bits per heavy atom. The van der Waals surface area contributed by atoms with E-state index < -0.39 is 28.5 Å². The Bertz CT molecular complexity index is 1370. The summed E-state index contributed by atoms with van der Waals surface area (Å²) in [5, 5.41) is 3.11. The standard InChI is InChI=1S/C26H26BrCl2N3O4S/c1-3-30-26(34)18(2)31(16-19-8-7-9-20(27)14-19)25(33)17-32(24-13-12-21(28)15-23(24)29)37(35,36)22-10-5-4-6-11-22/h4-15,18H,3,16-17H2,1-2H3,(H,30,34)/t18-/m1/s1. The van der Waals surface area contributed by atoms with E-state index in [1.807, 2.05) is 24.3 Å². The average Bonchev–Trinajstić information content (AvgIpc) is 2.86. The van der Waals surface area contributed by atoms with E-state index in [1.54, 1.807) is 32.0 Å². The highest BCUT2D eigenvalue weighted by molar-refractivity contribution is 9.10. The van der Waals surface area contributed by atoms with Crippen LogP contribution in [0.4, 0.5) is 5.69 Å². The first-order chi connectivity index (χ1) is 17.5. The second kappa shape index (κ2) is 12.8. The van der Waals surface area contributed by atoms with Gasteiger partial charge in [0.25, 0.3) is 10.0 Å². The van der Waals surface area contributed by atoms with Crippen LogP contribution in [-0.4, -0.2) is 44.3 Å². The number of sulfonamides is 1. The summed E-state index contributed by atoms with van der Waals surface area (Å²) in [6.45, 7) is 3.27. The number of hydrogen-bond acceptors (Lipinski definition) is 4. The number of carbonyl (C=O) groups excluding carboxylic acids is 2. The van der Waals surface area contributed by atoms with E-state index in [2.05, 4.69) is 21.2 Å². The van der Waals surface area contributed by atoms with Crippen LogP contribution in [0.1, 0.15) is 19.4 Å². The van der Waals surface area contributed by atoms with Gasteiger partial charge in [0, 0.05) is 22.6 Å². The number of benzene rings is 3. The van der Waals surface area contributed by atoms with Crippen LogP contribution in [0, 0.1) is 0 Å². The summed E-state index contributed by atoms with van der Waals surface area (Å²) in [5.41, 5.74) is 0.859. The third kappa shape index (κ3) is 7.25. The van der Waals surface area contributed by atoms with E-state index in [0.29, 0.717) is 11.6 Å². The normalized spacial score (nSPS) is 12.0. The first kappa shape index (κ1) is 29.0. The fourth-order valence-corrected chi connectivity index (χ4v) is 6.11. The van der Waals surface area contributed by atoms with E-state index in [9.17, 15) is 18.0 Å². The molecule has 3 rings (SSSR count). The van der Waals surface area contributed by atoms with Crippen molar-refractivity contribution in [3.63, 3.8) is 0 Å². The number of carbonyl (C=O) groups is 2. The lowest BCUT2D eigenvalue weighted by Gasteiger charge is -2.32. The predicted octanol–water partition coefficient (Wildman–Crippen LogP) is 5.50. The molecule has 196 valence electrons. The summed E-state index contributed by atoms with van der Waals surface area (Å²) < 4.78 is 29.2. The number of nitrogens with one attached hydrogen (secondary N) is 1. The van der Waals surface area contributed by atoms with Gasteiger partial charge in [-0.05, 0) is 61.9 Å². The molecule has 7 nitrogen and oxygen atoms in total. The Kier molecular flexibility index (Phi) is 10.0. The summed E-state index contributed by atoms with van der Waals surface area (Å²) in [7, 11) is -4.20. The Labute approximate surface area is 235 Å². The van der Waals surface area contributed by atoms with Crippen LogP contribution in [0.25, 0.3) is 0 Å². The molecule has 0 bridgehead atoms. The van der Waals surface area contributed by atoms with Crippen molar-refractivity contribution in [2.75, 3.05) is 17.4 Å². The number of anilines is 1. The third-order valence-corrected chi connectivity index (χ3v) is 8.35. The van der Waals surface area contributed by atoms with Crippen LogP contribution in [-0.2, 0) is 26.2 Å². The highest BCUT2D eigenvalue weighted by atomic mass is 79.9. The van der Waals surface area contributed by atoms with Gasteiger partial charge in [-0.2, -0.15) is 0 Å². The number of halogens is 3. The Hall–Kier alpha value is -2.59. The molecule has 0 unspecified atom stereocenters. The average molecular weight is 627 g/mol. The molecule has 0 aliphatic heterocycles. The first-order valence-corrected chi connectivity index (χ1v) is 14.4. The van der Waals surface area contributed by atoms with Crippen LogP contribution in [0.5, 0.6) is 0 Å². The first-order valence-electron chi connectivity index (χ1n) is 11.4. The van der Waals surface area contributed by atoms with Crippen LogP contribution < -0.4 is 9.62 Å². The fraction of sp³-hybridized carbons (Fsp3) is 0.231. The summed E-state index contributed by atoms with van der Waals surface area (Å²) in [5.74, 6) is -0.933. The quantitative estimate of drug-likeness (QED) is 0.322. The molecule has 3 aromatic carbocycles. The maximum Gasteiger partial charge on any atom is 0.264 e. The minimum absolute atomic E-state index is 0.0101. The van der Waals surface area contributed by atoms with E-state index in [0.717, 1.165) is 14.3 Å². The minimum atomic E-state index is -4.20. The lowest BCUT2D eigenvalue weighted by atomic mass is 10.1. The van der Waals surface area contributed by atoms with Crippen LogP contribution >= 0.6 is 39.1 Å². The lowest BCUT2D eigenvalue weighted by Crippen LogP contribution is -2.51. The van der Waals surface area contributed by atoms with Gasteiger partial charge in [-0.25, -0.2) is 8.42 Å². The highest BCUT2D eigenvalue weighted by Gasteiger charge is 2.33. The Morgan fingerprint density at radius 1 is 1.00 bits per heavy atom. The summed E-state index contributed by atoms with van der Waals surface area (Å²) in [6.07, 6.45) is 0. The fourth-order valence-electron chi connectivity index (χ4n) is 3.65. The van der Waals surface area contributed by atoms with Crippen molar-refractivity contribution >= 4 is 66.7 Å². The van der Waals surface area contributed by atoms with Crippen molar-refractivity contribution in [2.45, 2.75) is 31.3 Å². The molecule has 0 radical (unpaired) electrons. The topological polar surface area (TPSA) is 86.8 Å². The number of hydrogen-bond donors (Lipinski definition) is 1. The van der Waals surface area contributed by atoms with E-state index in [-0.39, 0.29) is 28.1 Å². The maximum absolute atomic E-state index is 13.8. The van der Waals surface area contributed by atoms with Crippen molar-refractivity contribution in [2.24, 2.45) is 0 Å². The monoisotopic (exact) mass is 625 g/mol. The third-order valence-electron chi connectivity index (χ3n) is 5.55.